The van der Waals surface area contributed by atoms with Gasteiger partial charge in [0.1, 0.15) is 5.69 Å². The standard InChI is InChI=1S/C18H27FN4O2/c1-3-14-15(22-11-21-14)16(24)23-7-5-4-6-13(10-23)9-20-17(25)18(19)8-12(18)2/h11-13H,3-10H2,1-2H3,(H,20,25)(H,21,22)/t12-,13?,18+/m0/s1. The van der Waals surface area contributed by atoms with Crippen LogP contribution in [-0.4, -0.2) is 52.0 Å². The van der Waals surface area contributed by atoms with Crippen molar-refractivity contribution in [3.63, 3.8) is 0 Å². The first-order chi connectivity index (χ1) is 12.0. The number of hydrogen-bond donors (Lipinski definition) is 2. The molecular weight excluding hydrogens is 323 g/mol. The summed E-state index contributed by atoms with van der Waals surface area (Å²) in [5, 5.41) is 2.76. The van der Waals surface area contributed by atoms with E-state index >= 15 is 0 Å². The molecule has 0 spiro atoms. The number of carbonyl (C=O) groups is 2. The van der Waals surface area contributed by atoms with E-state index in [0.717, 1.165) is 31.4 Å². The molecule has 2 N–H and O–H groups in total. The van der Waals surface area contributed by atoms with E-state index in [1.807, 2.05) is 11.8 Å². The molecule has 2 aliphatic rings. The zero-order valence-electron chi connectivity index (χ0n) is 15.0. The van der Waals surface area contributed by atoms with Crippen LogP contribution in [0.15, 0.2) is 6.33 Å². The van der Waals surface area contributed by atoms with Crippen LogP contribution in [0.5, 0.6) is 0 Å². The van der Waals surface area contributed by atoms with Gasteiger partial charge in [-0.15, -0.1) is 0 Å². The van der Waals surface area contributed by atoms with Crippen LogP contribution in [0, 0.1) is 11.8 Å². The van der Waals surface area contributed by atoms with Crippen molar-refractivity contribution in [2.45, 2.75) is 51.6 Å². The number of hydrogen-bond acceptors (Lipinski definition) is 3. The van der Waals surface area contributed by atoms with Gasteiger partial charge in [-0.25, -0.2) is 9.37 Å². The van der Waals surface area contributed by atoms with Gasteiger partial charge in [0.25, 0.3) is 11.8 Å². The molecule has 25 heavy (non-hydrogen) atoms. The summed E-state index contributed by atoms with van der Waals surface area (Å²) in [6, 6.07) is 0. The van der Waals surface area contributed by atoms with Crippen LogP contribution in [0.4, 0.5) is 4.39 Å². The predicted octanol–water partition coefficient (Wildman–Crippen LogP) is 2.08. The number of halogens is 1. The Bertz CT molecular complexity index is 647. The minimum Gasteiger partial charge on any atom is -0.353 e. The lowest BCUT2D eigenvalue weighted by molar-refractivity contribution is -0.128. The normalized spacial score (nSPS) is 29.2. The Labute approximate surface area is 147 Å². The Hall–Kier alpha value is -1.92. The summed E-state index contributed by atoms with van der Waals surface area (Å²) < 4.78 is 14.1. The largest absolute Gasteiger partial charge is 0.353 e. The van der Waals surface area contributed by atoms with E-state index in [-0.39, 0.29) is 17.7 Å². The van der Waals surface area contributed by atoms with E-state index in [9.17, 15) is 14.0 Å². The molecule has 1 unspecified atom stereocenters. The van der Waals surface area contributed by atoms with Crippen molar-refractivity contribution in [3.05, 3.63) is 17.7 Å². The van der Waals surface area contributed by atoms with Crippen LogP contribution in [0.25, 0.3) is 0 Å². The number of imidazole rings is 1. The third-order valence-electron chi connectivity index (χ3n) is 5.48. The average Bonchev–Trinajstić information content (AvgIpc) is 3.06. The quantitative estimate of drug-likeness (QED) is 0.853. The molecule has 0 radical (unpaired) electrons. The van der Waals surface area contributed by atoms with Gasteiger partial charge in [0.15, 0.2) is 5.67 Å². The Kier molecular flexibility index (Phi) is 5.11. The highest BCUT2D eigenvalue weighted by Crippen LogP contribution is 2.46. The molecule has 7 heteroatoms. The highest BCUT2D eigenvalue weighted by atomic mass is 19.1. The number of amides is 2. The molecule has 2 fully saturated rings. The number of nitrogens with one attached hydrogen (secondary N) is 2. The van der Waals surface area contributed by atoms with Gasteiger partial charge in [-0.05, 0) is 31.6 Å². The molecule has 3 atom stereocenters. The molecule has 138 valence electrons. The molecular formula is C18H27FN4O2. The van der Waals surface area contributed by atoms with E-state index in [1.54, 1.807) is 13.3 Å². The van der Waals surface area contributed by atoms with Gasteiger partial charge in [-0.2, -0.15) is 0 Å². The Morgan fingerprint density at radius 1 is 1.48 bits per heavy atom. The lowest BCUT2D eigenvalue weighted by Gasteiger charge is -2.24. The van der Waals surface area contributed by atoms with Gasteiger partial charge in [-0.1, -0.05) is 20.3 Å². The molecule has 0 bridgehead atoms. The van der Waals surface area contributed by atoms with Crippen molar-refractivity contribution in [3.8, 4) is 0 Å². The van der Waals surface area contributed by atoms with Crippen LogP contribution >= 0.6 is 0 Å². The van der Waals surface area contributed by atoms with Crippen molar-refractivity contribution < 1.29 is 14.0 Å². The fourth-order valence-electron chi connectivity index (χ4n) is 3.59. The van der Waals surface area contributed by atoms with E-state index < -0.39 is 11.6 Å². The van der Waals surface area contributed by atoms with Gasteiger partial charge >= 0.3 is 0 Å². The summed E-state index contributed by atoms with van der Waals surface area (Å²) in [5.74, 6) is -0.597. The van der Waals surface area contributed by atoms with Gasteiger partial charge < -0.3 is 15.2 Å². The van der Waals surface area contributed by atoms with Crippen LogP contribution in [-0.2, 0) is 11.2 Å². The van der Waals surface area contributed by atoms with Gasteiger partial charge in [-0.3, -0.25) is 9.59 Å². The molecule has 0 aromatic carbocycles. The maximum Gasteiger partial charge on any atom is 0.274 e. The molecule has 3 rings (SSSR count). The lowest BCUT2D eigenvalue weighted by Crippen LogP contribution is -2.42. The molecule has 1 saturated carbocycles. The fraction of sp³-hybridized carbons (Fsp3) is 0.722. The highest BCUT2D eigenvalue weighted by molar-refractivity contribution is 5.93. The number of H-pyrrole nitrogens is 1. The predicted molar refractivity (Wildman–Crippen MR) is 91.8 cm³/mol. The van der Waals surface area contributed by atoms with Crippen molar-refractivity contribution in [2.24, 2.45) is 11.8 Å². The lowest BCUT2D eigenvalue weighted by atomic mass is 10.0. The summed E-state index contributed by atoms with van der Waals surface area (Å²) in [5.41, 5.74) is -0.339. The number of alkyl halides is 1. The summed E-state index contributed by atoms with van der Waals surface area (Å²) in [4.78, 5) is 33.8. The smallest absolute Gasteiger partial charge is 0.274 e. The molecule has 2 amide bonds. The van der Waals surface area contributed by atoms with E-state index in [1.165, 1.54) is 0 Å². The van der Waals surface area contributed by atoms with Crippen LogP contribution in [0.1, 0.15) is 55.7 Å². The second kappa shape index (κ2) is 7.14. The monoisotopic (exact) mass is 350 g/mol. The van der Waals surface area contributed by atoms with E-state index in [4.69, 9.17) is 0 Å². The second-order valence-corrected chi connectivity index (χ2v) is 7.37. The zero-order chi connectivity index (χ0) is 18.0. The summed E-state index contributed by atoms with van der Waals surface area (Å²) in [6.45, 7) is 5.42. The number of likely N-dealkylation sites (tertiary alicyclic amines) is 1. The number of aromatic amines is 1. The summed E-state index contributed by atoms with van der Waals surface area (Å²) >= 11 is 0. The number of rotatable bonds is 5. The first-order valence-electron chi connectivity index (χ1n) is 9.24. The van der Waals surface area contributed by atoms with E-state index in [0.29, 0.717) is 31.7 Å². The van der Waals surface area contributed by atoms with Crippen molar-refractivity contribution in [1.29, 1.82) is 0 Å². The molecule has 2 heterocycles. The van der Waals surface area contributed by atoms with Crippen LogP contribution in [0.3, 0.4) is 0 Å². The summed E-state index contributed by atoms with van der Waals surface area (Å²) in [7, 11) is 0. The minimum absolute atomic E-state index is 0.0610. The van der Waals surface area contributed by atoms with Crippen molar-refractivity contribution in [1.82, 2.24) is 20.2 Å². The van der Waals surface area contributed by atoms with Crippen molar-refractivity contribution in [2.75, 3.05) is 19.6 Å². The van der Waals surface area contributed by atoms with Crippen LogP contribution < -0.4 is 5.32 Å². The molecule has 1 aromatic rings. The highest BCUT2D eigenvalue weighted by Gasteiger charge is 2.58. The number of aromatic nitrogens is 2. The van der Waals surface area contributed by atoms with Gasteiger partial charge in [0.2, 0.25) is 0 Å². The van der Waals surface area contributed by atoms with E-state index in [2.05, 4.69) is 15.3 Å². The SMILES string of the molecule is CCc1[nH]cnc1C(=O)N1CCCCC(CNC(=O)[C@@]2(F)C[C@@H]2C)C1. The third kappa shape index (κ3) is 3.70. The van der Waals surface area contributed by atoms with Crippen molar-refractivity contribution >= 4 is 11.8 Å². The van der Waals surface area contributed by atoms with Gasteiger partial charge in [0.05, 0.1) is 6.33 Å². The molecule has 1 saturated heterocycles. The molecule has 1 aromatic heterocycles. The topological polar surface area (TPSA) is 78.1 Å². The zero-order valence-corrected chi connectivity index (χ0v) is 15.0. The molecule has 1 aliphatic carbocycles. The molecule has 1 aliphatic heterocycles. The fourth-order valence-corrected chi connectivity index (χ4v) is 3.59. The number of aryl methyl sites for hydroxylation is 1. The number of nitrogens with zero attached hydrogens (tertiary/aromatic N) is 2. The minimum atomic E-state index is -1.68. The first-order valence-corrected chi connectivity index (χ1v) is 9.24. The number of carbonyl (C=O) groups excluding carboxylic acids is 2. The Balaban J connectivity index is 1.59. The van der Waals surface area contributed by atoms with Gasteiger partial charge in [0, 0.05) is 31.2 Å². The Morgan fingerprint density at radius 3 is 2.92 bits per heavy atom. The maximum atomic E-state index is 14.1. The van der Waals surface area contributed by atoms with Crippen LogP contribution in [0.2, 0.25) is 0 Å². The third-order valence-corrected chi connectivity index (χ3v) is 5.48. The summed E-state index contributed by atoms with van der Waals surface area (Å²) in [6.07, 6.45) is 5.46. The average molecular weight is 350 g/mol. The Morgan fingerprint density at radius 2 is 2.24 bits per heavy atom. The maximum absolute atomic E-state index is 14.1. The molecule has 6 nitrogen and oxygen atoms in total. The first kappa shape index (κ1) is 17.9. The second-order valence-electron chi connectivity index (χ2n) is 7.37.